The standard InChI is InChI=1S/C18H19Br2N3O2/c19-15-7-5-14(6-8-15)17(24)21-11-12-23-18(25)22-10-9-13-3-1-2-4-16(13)20/h1-8H,9-12H2,(H,21,24)(H2,22,23,25). The van der Waals surface area contributed by atoms with E-state index in [4.69, 9.17) is 0 Å². The Kier molecular flexibility index (Phi) is 7.94. The average molecular weight is 469 g/mol. The van der Waals surface area contributed by atoms with E-state index in [9.17, 15) is 9.59 Å². The molecule has 0 heterocycles. The van der Waals surface area contributed by atoms with Crippen molar-refractivity contribution in [3.8, 4) is 0 Å². The predicted molar refractivity (Wildman–Crippen MR) is 106 cm³/mol. The molecule has 0 aliphatic heterocycles. The highest BCUT2D eigenvalue weighted by atomic mass is 79.9. The smallest absolute Gasteiger partial charge is 0.314 e. The van der Waals surface area contributed by atoms with Gasteiger partial charge in [0.25, 0.3) is 5.91 Å². The SMILES string of the molecule is O=C(NCCNC(=O)c1ccc(Br)cc1)NCCc1ccccc1Br. The van der Waals surface area contributed by atoms with Crippen LogP contribution in [0.5, 0.6) is 0 Å². The molecule has 0 aromatic heterocycles. The van der Waals surface area contributed by atoms with Crippen molar-refractivity contribution in [1.82, 2.24) is 16.0 Å². The van der Waals surface area contributed by atoms with Crippen LogP contribution in [-0.2, 0) is 6.42 Å². The van der Waals surface area contributed by atoms with Gasteiger partial charge in [-0.05, 0) is 42.3 Å². The van der Waals surface area contributed by atoms with E-state index in [2.05, 4.69) is 47.8 Å². The summed E-state index contributed by atoms with van der Waals surface area (Å²) in [6.45, 7) is 1.27. The molecule has 0 unspecified atom stereocenters. The zero-order valence-corrected chi connectivity index (χ0v) is 16.7. The number of urea groups is 1. The second-order valence-corrected chi connectivity index (χ2v) is 7.06. The summed E-state index contributed by atoms with van der Waals surface area (Å²) in [5.41, 5.74) is 1.73. The number of hydrogen-bond acceptors (Lipinski definition) is 2. The molecule has 0 atom stereocenters. The number of hydrogen-bond donors (Lipinski definition) is 3. The van der Waals surface area contributed by atoms with Gasteiger partial charge in [0, 0.05) is 34.1 Å². The largest absolute Gasteiger partial charge is 0.350 e. The lowest BCUT2D eigenvalue weighted by molar-refractivity contribution is 0.0954. The minimum Gasteiger partial charge on any atom is -0.350 e. The molecule has 2 rings (SSSR count). The molecule has 2 aromatic carbocycles. The third kappa shape index (κ3) is 6.88. The van der Waals surface area contributed by atoms with Crippen LogP contribution in [0.1, 0.15) is 15.9 Å². The third-order valence-electron chi connectivity index (χ3n) is 3.44. The molecule has 0 bridgehead atoms. The number of carbonyl (C=O) groups is 2. The molecule has 25 heavy (non-hydrogen) atoms. The minimum absolute atomic E-state index is 0.163. The van der Waals surface area contributed by atoms with Gasteiger partial charge in [-0.1, -0.05) is 50.1 Å². The van der Waals surface area contributed by atoms with Gasteiger partial charge >= 0.3 is 6.03 Å². The highest BCUT2D eigenvalue weighted by molar-refractivity contribution is 9.10. The van der Waals surface area contributed by atoms with Gasteiger partial charge in [0.15, 0.2) is 0 Å². The molecule has 0 saturated carbocycles. The first kappa shape index (κ1) is 19.5. The van der Waals surface area contributed by atoms with Gasteiger partial charge in [-0.2, -0.15) is 0 Å². The van der Waals surface area contributed by atoms with Gasteiger partial charge in [-0.25, -0.2) is 4.79 Å². The highest BCUT2D eigenvalue weighted by Gasteiger charge is 2.05. The number of rotatable bonds is 7. The molecule has 0 aliphatic rings. The Bertz CT molecular complexity index is 721. The van der Waals surface area contributed by atoms with Crippen LogP contribution < -0.4 is 16.0 Å². The van der Waals surface area contributed by atoms with Crippen molar-refractivity contribution in [2.24, 2.45) is 0 Å². The minimum atomic E-state index is -0.245. The van der Waals surface area contributed by atoms with Crippen LogP contribution in [0.4, 0.5) is 4.79 Å². The molecule has 0 radical (unpaired) electrons. The second-order valence-electron chi connectivity index (χ2n) is 5.29. The number of amides is 3. The Morgan fingerprint density at radius 2 is 1.44 bits per heavy atom. The summed E-state index contributed by atoms with van der Waals surface area (Å²) >= 11 is 6.81. The molecule has 132 valence electrons. The van der Waals surface area contributed by atoms with Crippen LogP contribution in [0.15, 0.2) is 57.5 Å². The molecule has 7 heteroatoms. The van der Waals surface area contributed by atoms with Crippen molar-refractivity contribution in [1.29, 1.82) is 0 Å². The first-order chi connectivity index (χ1) is 12.1. The second kappa shape index (κ2) is 10.2. The third-order valence-corrected chi connectivity index (χ3v) is 4.74. The summed E-state index contributed by atoms with van der Waals surface area (Å²) in [6, 6.07) is 14.8. The van der Waals surface area contributed by atoms with Crippen LogP contribution in [-0.4, -0.2) is 31.6 Å². The van der Waals surface area contributed by atoms with Crippen LogP contribution >= 0.6 is 31.9 Å². The van der Waals surface area contributed by atoms with Crippen LogP contribution in [0.25, 0.3) is 0 Å². The number of halogens is 2. The van der Waals surface area contributed by atoms with Gasteiger partial charge in [0.2, 0.25) is 0 Å². The van der Waals surface area contributed by atoms with Crippen LogP contribution in [0.2, 0.25) is 0 Å². The molecule has 0 spiro atoms. The first-order valence-corrected chi connectivity index (χ1v) is 9.44. The lowest BCUT2D eigenvalue weighted by Gasteiger charge is -2.09. The Balaban J connectivity index is 1.60. The molecular weight excluding hydrogens is 450 g/mol. The summed E-state index contributed by atoms with van der Waals surface area (Å²) in [7, 11) is 0. The Hall–Kier alpha value is -1.86. The molecule has 0 aliphatic carbocycles. The van der Waals surface area contributed by atoms with E-state index in [0.29, 0.717) is 25.2 Å². The molecular formula is C18H19Br2N3O2. The van der Waals surface area contributed by atoms with Crippen molar-refractivity contribution in [3.05, 3.63) is 68.6 Å². The van der Waals surface area contributed by atoms with E-state index in [-0.39, 0.29) is 11.9 Å². The zero-order valence-electron chi connectivity index (χ0n) is 13.5. The summed E-state index contributed by atoms with van der Waals surface area (Å²) in [6.07, 6.45) is 0.745. The fraction of sp³-hybridized carbons (Fsp3) is 0.222. The van der Waals surface area contributed by atoms with Gasteiger partial charge in [-0.15, -0.1) is 0 Å². The monoisotopic (exact) mass is 467 g/mol. The quantitative estimate of drug-likeness (QED) is 0.544. The fourth-order valence-electron chi connectivity index (χ4n) is 2.13. The van der Waals surface area contributed by atoms with Crippen molar-refractivity contribution >= 4 is 43.8 Å². The zero-order chi connectivity index (χ0) is 18.1. The van der Waals surface area contributed by atoms with Gasteiger partial charge in [0.1, 0.15) is 0 Å². The van der Waals surface area contributed by atoms with E-state index in [0.717, 1.165) is 20.9 Å². The summed E-state index contributed by atoms with van der Waals surface area (Å²) in [5.74, 6) is -0.163. The maximum absolute atomic E-state index is 11.9. The summed E-state index contributed by atoms with van der Waals surface area (Å²) in [4.78, 5) is 23.6. The highest BCUT2D eigenvalue weighted by Crippen LogP contribution is 2.15. The number of benzene rings is 2. The van der Waals surface area contributed by atoms with Gasteiger partial charge in [-0.3, -0.25) is 4.79 Å². The topological polar surface area (TPSA) is 70.2 Å². The maximum atomic E-state index is 11.9. The molecule has 3 amide bonds. The average Bonchev–Trinajstić information content (AvgIpc) is 2.61. The van der Waals surface area contributed by atoms with Gasteiger partial charge in [0.05, 0.1) is 0 Å². The van der Waals surface area contributed by atoms with Crippen molar-refractivity contribution < 1.29 is 9.59 Å². The first-order valence-electron chi connectivity index (χ1n) is 7.85. The molecule has 5 nitrogen and oxygen atoms in total. The van der Waals surface area contributed by atoms with Crippen molar-refractivity contribution in [2.75, 3.05) is 19.6 Å². The number of nitrogens with one attached hydrogen (secondary N) is 3. The summed E-state index contributed by atoms with van der Waals surface area (Å²) < 4.78 is 1.96. The Morgan fingerprint density at radius 3 is 2.16 bits per heavy atom. The van der Waals surface area contributed by atoms with E-state index >= 15 is 0 Å². The Morgan fingerprint density at radius 1 is 0.800 bits per heavy atom. The van der Waals surface area contributed by atoms with E-state index < -0.39 is 0 Å². The van der Waals surface area contributed by atoms with Crippen molar-refractivity contribution in [3.63, 3.8) is 0 Å². The van der Waals surface area contributed by atoms with Crippen LogP contribution in [0, 0.1) is 0 Å². The van der Waals surface area contributed by atoms with Crippen molar-refractivity contribution in [2.45, 2.75) is 6.42 Å². The lowest BCUT2D eigenvalue weighted by atomic mass is 10.1. The molecule has 0 fully saturated rings. The normalized spacial score (nSPS) is 10.2. The van der Waals surface area contributed by atoms with E-state index in [1.165, 1.54) is 0 Å². The predicted octanol–water partition coefficient (Wildman–Crippen LogP) is 3.48. The van der Waals surface area contributed by atoms with Crippen LogP contribution in [0.3, 0.4) is 0 Å². The maximum Gasteiger partial charge on any atom is 0.314 e. The molecule has 0 saturated heterocycles. The van der Waals surface area contributed by atoms with Gasteiger partial charge < -0.3 is 16.0 Å². The van der Waals surface area contributed by atoms with E-state index in [1.54, 1.807) is 12.1 Å². The fourth-order valence-corrected chi connectivity index (χ4v) is 2.88. The lowest BCUT2D eigenvalue weighted by Crippen LogP contribution is -2.40. The molecule has 2 aromatic rings. The molecule has 3 N–H and O–H groups in total. The summed E-state index contributed by atoms with van der Waals surface area (Å²) in [5, 5.41) is 8.27. The number of carbonyl (C=O) groups excluding carboxylic acids is 2. The Labute approximate surface area is 163 Å². The van der Waals surface area contributed by atoms with E-state index in [1.807, 2.05) is 36.4 Å².